The molecule has 34 heavy (non-hydrogen) atoms. The number of benzene rings is 1. The van der Waals surface area contributed by atoms with E-state index in [1.807, 2.05) is 13.8 Å². The summed E-state index contributed by atoms with van der Waals surface area (Å²) in [4.78, 5) is 21.1. The van der Waals surface area contributed by atoms with Crippen LogP contribution in [0.1, 0.15) is 43.2 Å². The van der Waals surface area contributed by atoms with Crippen LogP contribution in [0.5, 0.6) is 5.75 Å². The minimum absolute atomic E-state index is 0.0424. The molecule has 2 aromatic rings. The van der Waals surface area contributed by atoms with Gasteiger partial charge in [-0.3, -0.25) is 14.5 Å². The van der Waals surface area contributed by atoms with Crippen molar-refractivity contribution < 1.29 is 27.3 Å². The number of carbonyl (C=O) groups is 1. The van der Waals surface area contributed by atoms with Crippen LogP contribution < -0.4 is 20.5 Å². The first-order chi connectivity index (χ1) is 15.9. The maximum absolute atomic E-state index is 15.1. The van der Waals surface area contributed by atoms with Crippen LogP contribution >= 0.6 is 10.5 Å². The van der Waals surface area contributed by atoms with Gasteiger partial charge in [-0.2, -0.15) is 8.78 Å². The molecule has 3 atom stereocenters. The molecule has 184 valence electrons. The van der Waals surface area contributed by atoms with E-state index in [4.69, 9.17) is 5.73 Å². The van der Waals surface area contributed by atoms with Gasteiger partial charge in [-0.1, -0.05) is 10.5 Å². The van der Waals surface area contributed by atoms with Gasteiger partial charge in [0.25, 0.3) is 5.91 Å². The van der Waals surface area contributed by atoms with Gasteiger partial charge in [0.05, 0.1) is 16.2 Å². The molecule has 4 rings (SSSR count). The topological polar surface area (TPSA) is 122 Å². The molecule has 0 bridgehead atoms. The van der Waals surface area contributed by atoms with Gasteiger partial charge in [0.15, 0.2) is 0 Å². The van der Waals surface area contributed by atoms with Crippen molar-refractivity contribution in [1.29, 1.82) is 0 Å². The Balaban J connectivity index is 1.65. The maximum atomic E-state index is 15.1. The number of pyridine rings is 1. The molecule has 0 aliphatic carbocycles. The van der Waals surface area contributed by atoms with Crippen molar-refractivity contribution in [2.75, 3.05) is 11.9 Å². The van der Waals surface area contributed by atoms with Crippen LogP contribution in [0, 0.1) is 5.82 Å². The molecular formula is C22H26F3N5O3S. The SMILES string of the molecule is CC1(C)C(N)=N[C@](C)(c2cc(NC(=O)c3ccc(OC(F)F)cn3)ccc2F)[C@@H]2CCNS21O. The second-order valence-corrected chi connectivity index (χ2v) is 12.0. The van der Waals surface area contributed by atoms with Crippen LogP contribution in [0.25, 0.3) is 0 Å². The number of carbonyl (C=O) groups excluding carboxylic acids is 1. The maximum Gasteiger partial charge on any atom is 0.387 e. The molecule has 5 N–H and O–H groups in total. The van der Waals surface area contributed by atoms with E-state index in [-0.39, 0.29) is 28.5 Å². The van der Waals surface area contributed by atoms with Gasteiger partial charge < -0.3 is 20.3 Å². The van der Waals surface area contributed by atoms with Gasteiger partial charge in [0.1, 0.15) is 28.6 Å². The van der Waals surface area contributed by atoms with Crippen LogP contribution in [0.4, 0.5) is 18.9 Å². The summed E-state index contributed by atoms with van der Waals surface area (Å²) in [6.45, 7) is 2.93. The van der Waals surface area contributed by atoms with Crippen molar-refractivity contribution in [3.63, 3.8) is 0 Å². The lowest BCUT2D eigenvalue weighted by Crippen LogP contribution is -2.57. The molecule has 1 saturated heterocycles. The molecule has 8 nitrogen and oxygen atoms in total. The normalized spacial score (nSPS) is 29.6. The van der Waals surface area contributed by atoms with Crippen molar-refractivity contribution in [1.82, 2.24) is 9.71 Å². The third kappa shape index (κ3) is 3.89. The van der Waals surface area contributed by atoms with Crippen LogP contribution in [0.3, 0.4) is 0 Å². The minimum atomic E-state index is -3.00. The number of aromatic nitrogens is 1. The summed E-state index contributed by atoms with van der Waals surface area (Å²) in [5.41, 5.74) is 5.53. The number of ether oxygens (including phenoxy) is 1. The molecule has 1 amide bonds. The number of alkyl halides is 2. The molecule has 1 fully saturated rings. The Bertz CT molecular complexity index is 1150. The molecular weight excluding hydrogens is 471 g/mol. The molecule has 0 spiro atoms. The molecule has 2 aliphatic rings. The van der Waals surface area contributed by atoms with Gasteiger partial charge in [-0.05, 0) is 57.5 Å². The van der Waals surface area contributed by atoms with Crippen LogP contribution in [-0.4, -0.2) is 44.4 Å². The van der Waals surface area contributed by atoms with Crippen molar-refractivity contribution in [2.45, 2.75) is 49.3 Å². The summed E-state index contributed by atoms with van der Waals surface area (Å²) in [6.07, 6.45) is 1.59. The monoisotopic (exact) mass is 497 g/mol. The average molecular weight is 498 g/mol. The second kappa shape index (κ2) is 8.43. The predicted molar refractivity (Wildman–Crippen MR) is 125 cm³/mol. The summed E-state index contributed by atoms with van der Waals surface area (Å²) in [5.74, 6) is -1.12. The number of anilines is 1. The highest BCUT2D eigenvalue weighted by Gasteiger charge is 2.60. The fourth-order valence-electron chi connectivity index (χ4n) is 4.49. The minimum Gasteiger partial charge on any atom is -0.433 e. The summed E-state index contributed by atoms with van der Waals surface area (Å²) >= 11 is 0. The Morgan fingerprint density at radius 2 is 2.06 bits per heavy atom. The number of fused-ring (bicyclic) bond motifs is 1. The number of nitrogens with zero attached hydrogens (tertiary/aromatic N) is 2. The van der Waals surface area contributed by atoms with Crippen molar-refractivity contribution in [3.05, 3.63) is 53.6 Å². The number of aliphatic imine (C=N–C) groups is 1. The largest absolute Gasteiger partial charge is 0.433 e. The number of hydrogen-bond donors (Lipinski definition) is 4. The molecule has 3 heterocycles. The highest BCUT2D eigenvalue weighted by Crippen LogP contribution is 2.67. The fourth-order valence-corrected chi connectivity index (χ4v) is 7.86. The van der Waals surface area contributed by atoms with Crippen LogP contribution in [0.15, 0.2) is 41.5 Å². The number of rotatable bonds is 5. The van der Waals surface area contributed by atoms with Crippen molar-refractivity contribution >= 4 is 27.9 Å². The fraction of sp³-hybridized carbons (Fsp3) is 0.409. The van der Waals surface area contributed by atoms with Gasteiger partial charge in [-0.15, -0.1) is 0 Å². The zero-order valence-electron chi connectivity index (χ0n) is 18.8. The first kappa shape index (κ1) is 24.3. The molecule has 0 radical (unpaired) electrons. The van der Waals surface area contributed by atoms with E-state index in [2.05, 4.69) is 24.8 Å². The van der Waals surface area contributed by atoms with Gasteiger partial charge >= 0.3 is 6.61 Å². The lowest BCUT2D eigenvalue weighted by molar-refractivity contribution is -0.0500. The number of halogens is 3. The summed E-state index contributed by atoms with van der Waals surface area (Å²) in [5, 5.41) is 2.23. The molecule has 1 unspecified atom stereocenters. The molecule has 1 aromatic heterocycles. The Hall–Kier alpha value is -2.83. The number of nitrogens with one attached hydrogen (secondary N) is 2. The number of nitrogens with two attached hydrogens (primary N) is 1. The van der Waals surface area contributed by atoms with Crippen molar-refractivity contribution in [2.24, 2.45) is 10.7 Å². The second-order valence-electron chi connectivity index (χ2n) is 8.86. The molecule has 1 aromatic carbocycles. The third-order valence-electron chi connectivity index (χ3n) is 6.48. The van der Waals surface area contributed by atoms with E-state index in [1.54, 1.807) is 6.92 Å². The van der Waals surface area contributed by atoms with E-state index in [9.17, 15) is 18.1 Å². The smallest absolute Gasteiger partial charge is 0.387 e. The Morgan fingerprint density at radius 3 is 2.71 bits per heavy atom. The Labute approximate surface area is 196 Å². The van der Waals surface area contributed by atoms with Crippen LogP contribution in [-0.2, 0) is 5.54 Å². The lowest BCUT2D eigenvalue weighted by atomic mass is 9.85. The molecule has 12 heteroatoms. The van der Waals surface area contributed by atoms with Crippen LogP contribution in [0.2, 0.25) is 0 Å². The van der Waals surface area contributed by atoms with Gasteiger partial charge in [0.2, 0.25) is 0 Å². The van der Waals surface area contributed by atoms with E-state index >= 15 is 4.39 Å². The van der Waals surface area contributed by atoms with Gasteiger partial charge in [0, 0.05) is 17.8 Å². The highest BCUT2D eigenvalue weighted by molar-refractivity contribution is 8.29. The Morgan fingerprint density at radius 1 is 1.32 bits per heavy atom. The number of amidine groups is 1. The number of amides is 1. The summed E-state index contributed by atoms with van der Waals surface area (Å²) < 4.78 is 57.9. The summed E-state index contributed by atoms with van der Waals surface area (Å²) in [7, 11) is -2.47. The number of hydrogen-bond acceptors (Lipinski definition) is 7. The Kier molecular flexibility index (Phi) is 6.03. The first-order valence-electron chi connectivity index (χ1n) is 10.6. The van der Waals surface area contributed by atoms with E-state index < -0.39 is 44.4 Å². The average Bonchev–Trinajstić information content (AvgIpc) is 3.18. The molecule has 0 saturated carbocycles. The standard InChI is InChI=1S/C22H26F3N5O3S/c1-21(2)19(26)30-22(3,17-8-9-28-34(17,21)32)14-10-12(4-6-15(14)23)29-18(31)16-7-5-13(11-27-16)33-20(24)25/h4-7,10-11,17,20,28,32H,8-9H2,1-3H3,(H2,26,30)(H,29,31)/t17-,22+/m0/s1. The zero-order valence-corrected chi connectivity index (χ0v) is 19.6. The van der Waals surface area contributed by atoms with E-state index in [0.717, 1.165) is 6.20 Å². The lowest BCUT2D eigenvalue weighted by Gasteiger charge is -2.56. The highest BCUT2D eigenvalue weighted by atomic mass is 32.3. The van der Waals surface area contributed by atoms with Crippen molar-refractivity contribution in [3.8, 4) is 5.75 Å². The van der Waals surface area contributed by atoms with E-state index in [0.29, 0.717) is 13.0 Å². The quantitative estimate of drug-likeness (QED) is 0.496. The van der Waals surface area contributed by atoms with E-state index in [1.165, 1.54) is 30.3 Å². The predicted octanol–water partition coefficient (Wildman–Crippen LogP) is 3.99. The molecule has 2 aliphatic heterocycles. The van der Waals surface area contributed by atoms with Gasteiger partial charge in [-0.25, -0.2) is 9.37 Å². The summed E-state index contributed by atoms with van der Waals surface area (Å²) in [6, 6.07) is 6.50. The first-order valence-corrected chi connectivity index (χ1v) is 12.2. The zero-order chi connectivity index (χ0) is 24.9. The third-order valence-corrected chi connectivity index (χ3v) is 10.4.